The normalized spacial score (nSPS) is 24.0. The molecular formula is C17H28Cl3N5O2. The molecule has 2 aromatic rings. The van der Waals surface area contributed by atoms with Gasteiger partial charge in [-0.05, 0) is 31.0 Å². The maximum Gasteiger partial charge on any atom is 0.114 e. The second-order valence-corrected chi connectivity index (χ2v) is 6.95. The fourth-order valence-electron chi connectivity index (χ4n) is 3.17. The molecule has 10 heteroatoms. The van der Waals surface area contributed by atoms with Crippen molar-refractivity contribution in [2.75, 3.05) is 6.54 Å². The lowest BCUT2D eigenvalue weighted by Gasteiger charge is -2.19. The zero-order valence-electron chi connectivity index (χ0n) is 15.3. The molecule has 4 atom stereocenters. The fraction of sp³-hybridized carbons (Fsp3) is 0.588. The topological polar surface area (TPSA) is 96.1 Å². The van der Waals surface area contributed by atoms with Crippen LogP contribution in [-0.4, -0.2) is 55.0 Å². The Hall–Kier alpha value is -0.960. The van der Waals surface area contributed by atoms with Crippen molar-refractivity contribution in [2.24, 2.45) is 11.8 Å². The summed E-state index contributed by atoms with van der Waals surface area (Å²) in [7, 11) is 0. The highest BCUT2D eigenvalue weighted by Gasteiger charge is 2.41. The van der Waals surface area contributed by atoms with Crippen molar-refractivity contribution < 1.29 is 10.2 Å². The van der Waals surface area contributed by atoms with Gasteiger partial charge in [-0.1, -0.05) is 19.1 Å². The van der Waals surface area contributed by atoms with Gasteiger partial charge < -0.3 is 15.5 Å². The Morgan fingerprint density at radius 3 is 2.59 bits per heavy atom. The highest BCUT2D eigenvalue weighted by molar-refractivity contribution is 5.86. The molecule has 1 aliphatic carbocycles. The summed E-state index contributed by atoms with van der Waals surface area (Å²) in [6.45, 7) is 5.61. The lowest BCUT2D eigenvalue weighted by atomic mass is 10.1. The van der Waals surface area contributed by atoms with Crippen molar-refractivity contribution >= 4 is 37.2 Å². The fourth-order valence-corrected chi connectivity index (χ4v) is 3.17. The van der Waals surface area contributed by atoms with Crippen molar-refractivity contribution in [1.82, 2.24) is 25.3 Å². The van der Waals surface area contributed by atoms with Crippen molar-refractivity contribution in [1.29, 1.82) is 0 Å². The number of nitrogens with one attached hydrogen (secondary N) is 1. The number of aliphatic hydroxyl groups excluding tert-OH is 2. The van der Waals surface area contributed by atoms with Gasteiger partial charge in [-0.2, -0.15) is 0 Å². The Labute approximate surface area is 178 Å². The quantitative estimate of drug-likeness (QED) is 0.635. The van der Waals surface area contributed by atoms with E-state index in [1.807, 2.05) is 18.3 Å². The largest absolute Gasteiger partial charge is 0.390 e. The van der Waals surface area contributed by atoms with E-state index in [0.29, 0.717) is 12.5 Å². The number of aromatic nitrogens is 4. The first-order chi connectivity index (χ1) is 11.5. The van der Waals surface area contributed by atoms with Gasteiger partial charge in [0.1, 0.15) is 5.69 Å². The lowest BCUT2D eigenvalue weighted by molar-refractivity contribution is 0.00716. The molecular weight excluding hydrogens is 413 g/mol. The van der Waals surface area contributed by atoms with E-state index >= 15 is 0 Å². The summed E-state index contributed by atoms with van der Waals surface area (Å²) in [5.74, 6) is 0.457. The molecule has 154 valence electrons. The van der Waals surface area contributed by atoms with Gasteiger partial charge in [-0.3, -0.25) is 9.67 Å². The maximum absolute atomic E-state index is 10.3. The number of hydrogen-bond acceptors (Lipinski definition) is 6. The predicted octanol–water partition coefficient (Wildman–Crippen LogP) is 1.96. The van der Waals surface area contributed by atoms with Crippen LogP contribution in [0.5, 0.6) is 0 Å². The third-order valence-corrected chi connectivity index (χ3v) is 4.51. The molecule has 1 fully saturated rings. The zero-order chi connectivity index (χ0) is 17.1. The second-order valence-electron chi connectivity index (χ2n) is 6.95. The van der Waals surface area contributed by atoms with Crippen LogP contribution < -0.4 is 5.32 Å². The van der Waals surface area contributed by atoms with Crippen molar-refractivity contribution in [2.45, 2.75) is 45.1 Å². The molecule has 1 aliphatic rings. The van der Waals surface area contributed by atoms with Gasteiger partial charge in [-0.25, -0.2) is 0 Å². The molecule has 0 amide bonds. The van der Waals surface area contributed by atoms with Crippen LogP contribution >= 0.6 is 37.2 Å². The highest BCUT2D eigenvalue weighted by atomic mass is 35.5. The van der Waals surface area contributed by atoms with Crippen LogP contribution in [0, 0.1) is 11.8 Å². The van der Waals surface area contributed by atoms with Gasteiger partial charge >= 0.3 is 0 Å². The number of nitrogens with zero attached hydrogens (tertiary/aromatic N) is 4. The summed E-state index contributed by atoms with van der Waals surface area (Å²) in [5, 5.41) is 32.2. The summed E-state index contributed by atoms with van der Waals surface area (Å²) in [6, 6.07) is 3.71. The molecule has 0 saturated heterocycles. The minimum atomic E-state index is -0.749. The zero-order valence-corrected chi connectivity index (χ0v) is 17.8. The molecule has 3 N–H and O–H groups in total. The SMILES string of the molecule is CC(C)CN[C@@H]1C[C@H](Cn2cc(-c3cccnc3)nn2)[C@@H](O)[C@H]1O.Cl.Cl.Cl. The molecule has 7 nitrogen and oxygen atoms in total. The van der Waals surface area contributed by atoms with Crippen molar-refractivity contribution in [3.05, 3.63) is 30.7 Å². The van der Waals surface area contributed by atoms with E-state index in [2.05, 4.69) is 34.5 Å². The Morgan fingerprint density at radius 1 is 1.22 bits per heavy atom. The van der Waals surface area contributed by atoms with E-state index < -0.39 is 12.2 Å². The van der Waals surface area contributed by atoms with Crippen LogP contribution in [0.4, 0.5) is 0 Å². The third kappa shape index (κ3) is 6.55. The first-order valence-corrected chi connectivity index (χ1v) is 8.44. The lowest BCUT2D eigenvalue weighted by Crippen LogP contribution is -2.41. The van der Waals surface area contributed by atoms with Gasteiger partial charge in [0.05, 0.1) is 18.4 Å². The van der Waals surface area contributed by atoms with E-state index in [0.717, 1.165) is 24.2 Å². The Balaban J connectivity index is 0.00000225. The van der Waals surface area contributed by atoms with Crippen LogP contribution in [0.25, 0.3) is 11.3 Å². The predicted molar refractivity (Wildman–Crippen MR) is 112 cm³/mol. The first-order valence-electron chi connectivity index (χ1n) is 8.44. The highest BCUT2D eigenvalue weighted by Crippen LogP contribution is 2.28. The molecule has 0 aliphatic heterocycles. The van der Waals surface area contributed by atoms with E-state index in [4.69, 9.17) is 0 Å². The molecule has 3 rings (SSSR count). The van der Waals surface area contributed by atoms with Gasteiger partial charge in [0.25, 0.3) is 0 Å². The number of pyridine rings is 1. The number of hydrogen-bond donors (Lipinski definition) is 3. The monoisotopic (exact) mass is 439 g/mol. The average Bonchev–Trinajstić information content (AvgIpc) is 3.14. The molecule has 1 saturated carbocycles. The summed E-state index contributed by atoms with van der Waals surface area (Å²) < 4.78 is 1.73. The van der Waals surface area contributed by atoms with Crippen LogP contribution in [0.2, 0.25) is 0 Å². The summed E-state index contributed by atoms with van der Waals surface area (Å²) in [4.78, 5) is 4.08. The van der Waals surface area contributed by atoms with E-state index in [9.17, 15) is 10.2 Å². The Bertz CT molecular complexity index is 659. The summed E-state index contributed by atoms with van der Waals surface area (Å²) in [6.07, 6.45) is 4.54. The third-order valence-electron chi connectivity index (χ3n) is 4.51. The number of halogens is 3. The van der Waals surface area contributed by atoms with Crippen LogP contribution in [0.1, 0.15) is 20.3 Å². The summed E-state index contributed by atoms with van der Waals surface area (Å²) >= 11 is 0. The maximum atomic E-state index is 10.3. The molecule has 2 heterocycles. The van der Waals surface area contributed by atoms with Crippen LogP contribution in [0.15, 0.2) is 30.7 Å². The average molecular weight is 441 g/mol. The minimum Gasteiger partial charge on any atom is -0.390 e. The van der Waals surface area contributed by atoms with Gasteiger partial charge in [0.15, 0.2) is 0 Å². The standard InChI is InChI=1S/C17H25N5O2.3ClH/c1-11(2)7-19-14-6-13(16(23)17(14)24)9-22-10-15(20-21-22)12-4-3-5-18-8-12;;;/h3-5,8,10-11,13-14,16-17,19,23-24H,6-7,9H2,1-2H3;3*1H/t13-,14-,16-,17+;;;/m1.../s1. The number of rotatable bonds is 6. The van der Waals surface area contributed by atoms with Crippen molar-refractivity contribution in [3.8, 4) is 11.3 Å². The van der Waals surface area contributed by atoms with E-state index in [1.54, 1.807) is 17.1 Å². The van der Waals surface area contributed by atoms with Gasteiger partial charge in [0, 0.05) is 36.5 Å². The summed E-state index contributed by atoms with van der Waals surface area (Å²) in [5.41, 5.74) is 1.66. The van der Waals surface area contributed by atoms with Crippen LogP contribution in [0.3, 0.4) is 0 Å². The van der Waals surface area contributed by atoms with Crippen LogP contribution in [-0.2, 0) is 6.54 Å². The molecule has 27 heavy (non-hydrogen) atoms. The number of aliphatic hydroxyl groups is 2. The molecule has 0 radical (unpaired) electrons. The van der Waals surface area contributed by atoms with Gasteiger partial charge in [-0.15, -0.1) is 42.3 Å². The Morgan fingerprint density at radius 2 is 1.96 bits per heavy atom. The second kappa shape index (κ2) is 11.8. The van der Waals surface area contributed by atoms with E-state index in [-0.39, 0.29) is 49.2 Å². The first kappa shape index (κ1) is 26.0. The van der Waals surface area contributed by atoms with Crippen molar-refractivity contribution in [3.63, 3.8) is 0 Å². The molecule has 0 aromatic carbocycles. The smallest absolute Gasteiger partial charge is 0.114 e. The molecule has 0 spiro atoms. The Kier molecular flexibility index (Phi) is 11.4. The molecule has 2 aromatic heterocycles. The van der Waals surface area contributed by atoms with E-state index in [1.165, 1.54) is 0 Å². The van der Waals surface area contributed by atoms with Gasteiger partial charge in [0.2, 0.25) is 0 Å². The molecule has 0 bridgehead atoms. The minimum absolute atomic E-state index is 0. The molecule has 0 unspecified atom stereocenters.